The SMILES string of the molecule is Cn1cc([C@H]2C[C@@H]2C(=O)OCc2ccc(Cl)s2)cn1. The number of carbonyl (C=O) groups is 1. The minimum Gasteiger partial charge on any atom is -0.460 e. The van der Waals surface area contributed by atoms with Crippen LogP contribution in [0.15, 0.2) is 24.5 Å². The number of halogens is 1. The second kappa shape index (κ2) is 4.98. The van der Waals surface area contributed by atoms with Crippen LogP contribution in [0.5, 0.6) is 0 Å². The van der Waals surface area contributed by atoms with Crippen LogP contribution in [0.4, 0.5) is 0 Å². The lowest BCUT2D eigenvalue weighted by Gasteiger charge is -2.01. The quantitative estimate of drug-likeness (QED) is 0.815. The average Bonchev–Trinajstić information content (AvgIpc) is 2.90. The number of hydrogen-bond acceptors (Lipinski definition) is 4. The van der Waals surface area contributed by atoms with Crippen LogP contribution in [0.1, 0.15) is 22.8 Å². The molecule has 0 aromatic carbocycles. The van der Waals surface area contributed by atoms with Gasteiger partial charge in [-0.15, -0.1) is 11.3 Å². The van der Waals surface area contributed by atoms with E-state index in [4.69, 9.17) is 16.3 Å². The lowest BCUT2D eigenvalue weighted by atomic mass is 10.2. The van der Waals surface area contributed by atoms with Crippen LogP contribution in [0.3, 0.4) is 0 Å². The largest absolute Gasteiger partial charge is 0.460 e. The average molecular weight is 297 g/mol. The number of ether oxygens (including phenoxy) is 1. The van der Waals surface area contributed by atoms with Gasteiger partial charge < -0.3 is 4.74 Å². The Morgan fingerprint density at radius 3 is 3.11 bits per heavy atom. The molecule has 4 nitrogen and oxygen atoms in total. The molecule has 0 spiro atoms. The number of carbonyl (C=O) groups excluding carboxylic acids is 1. The molecule has 2 aromatic heterocycles. The number of hydrogen-bond donors (Lipinski definition) is 0. The molecular formula is C13H13ClN2O2S. The van der Waals surface area contributed by atoms with Crippen molar-refractivity contribution < 1.29 is 9.53 Å². The van der Waals surface area contributed by atoms with Crippen molar-refractivity contribution in [3.8, 4) is 0 Å². The predicted molar refractivity (Wildman–Crippen MR) is 73.2 cm³/mol. The highest BCUT2D eigenvalue weighted by molar-refractivity contribution is 7.16. The minimum absolute atomic E-state index is 0.0142. The van der Waals surface area contributed by atoms with Crippen molar-refractivity contribution in [2.24, 2.45) is 13.0 Å². The molecule has 0 bridgehead atoms. The molecule has 2 aromatic rings. The van der Waals surface area contributed by atoms with Gasteiger partial charge in [0.1, 0.15) is 6.61 Å². The lowest BCUT2D eigenvalue weighted by Crippen LogP contribution is -2.07. The van der Waals surface area contributed by atoms with E-state index in [9.17, 15) is 4.79 Å². The summed E-state index contributed by atoms with van der Waals surface area (Å²) in [6.45, 7) is 0.312. The number of rotatable bonds is 4. The zero-order valence-electron chi connectivity index (χ0n) is 10.4. The Labute approximate surface area is 119 Å². The van der Waals surface area contributed by atoms with E-state index in [0.717, 1.165) is 16.9 Å². The van der Waals surface area contributed by atoms with E-state index in [-0.39, 0.29) is 17.8 Å². The van der Waals surface area contributed by atoms with E-state index < -0.39 is 0 Å². The third-order valence-corrected chi connectivity index (χ3v) is 4.44. The molecule has 2 heterocycles. The van der Waals surface area contributed by atoms with E-state index in [1.807, 2.05) is 31.6 Å². The number of esters is 1. The van der Waals surface area contributed by atoms with Crippen molar-refractivity contribution in [1.29, 1.82) is 0 Å². The monoisotopic (exact) mass is 296 g/mol. The molecule has 1 fully saturated rings. The van der Waals surface area contributed by atoms with E-state index in [0.29, 0.717) is 10.9 Å². The maximum absolute atomic E-state index is 11.9. The molecule has 2 atom stereocenters. The van der Waals surface area contributed by atoms with Crippen LogP contribution < -0.4 is 0 Å². The molecule has 0 radical (unpaired) electrons. The highest BCUT2D eigenvalue weighted by atomic mass is 35.5. The summed E-state index contributed by atoms with van der Waals surface area (Å²) in [5, 5.41) is 4.12. The van der Waals surface area contributed by atoms with Crippen LogP contribution in [0.25, 0.3) is 0 Å². The van der Waals surface area contributed by atoms with Crippen LogP contribution in [-0.2, 0) is 23.2 Å². The molecule has 100 valence electrons. The number of nitrogens with zero attached hydrogens (tertiary/aromatic N) is 2. The summed E-state index contributed by atoms with van der Waals surface area (Å²) < 4.78 is 7.78. The van der Waals surface area contributed by atoms with Gasteiger partial charge in [0, 0.05) is 24.0 Å². The Kier molecular flexibility index (Phi) is 3.33. The molecule has 6 heteroatoms. The highest BCUT2D eigenvalue weighted by Crippen LogP contribution is 2.48. The Morgan fingerprint density at radius 2 is 2.47 bits per heavy atom. The fraction of sp³-hybridized carbons (Fsp3) is 0.385. The molecule has 0 saturated heterocycles. The summed E-state index contributed by atoms with van der Waals surface area (Å²) >= 11 is 7.26. The Morgan fingerprint density at radius 1 is 1.63 bits per heavy atom. The van der Waals surface area contributed by atoms with Crippen LogP contribution in [-0.4, -0.2) is 15.7 Å². The van der Waals surface area contributed by atoms with Gasteiger partial charge in [0.25, 0.3) is 0 Å². The van der Waals surface area contributed by atoms with Crippen LogP contribution in [0, 0.1) is 5.92 Å². The second-order valence-electron chi connectivity index (χ2n) is 4.71. The summed E-state index contributed by atoms with van der Waals surface area (Å²) in [7, 11) is 1.87. The summed E-state index contributed by atoms with van der Waals surface area (Å²) in [6, 6.07) is 3.69. The lowest BCUT2D eigenvalue weighted by molar-refractivity contribution is -0.146. The predicted octanol–water partition coefficient (Wildman–Crippen LogP) is 2.98. The summed E-state index contributed by atoms with van der Waals surface area (Å²) in [5.41, 5.74) is 1.11. The first-order valence-corrected chi connectivity index (χ1v) is 7.22. The third kappa shape index (κ3) is 2.82. The standard InChI is InChI=1S/C13H13ClN2O2S/c1-16-6-8(5-15-16)10-4-11(10)13(17)18-7-9-2-3-12(14)19-9/h2-3,5-6,10-11H,4,7H2,1H3/t10-,11+/m1/s1. The minimum atomic E-state index is -0.127. The second-order valence-corrected chi connectivity index (χ2v) is 6.51. The molecular weight excluding hydrogens is 284 g/mol. The van der Waals surface area contributed by atoms with Gasteiger partial charge in [0.05, 0.1) is 16.5 Å². The van der Waals surface area contributed by atoms with Gasteiger partial charge in [-0.3, -0.25) is 9.48 Å². The first kappa shape index (κ1) is 12.7. The number of aryl methyl sites for hydroxylation is 1. The fourth-order valence-corrected chi connectivity index (χ4v) is 3.13. The first-order chi connectivity index (χ1) is 9.13. The number of thiophene rings is 1. The van der Waals surface area contributed by atoms with Crippen LogP contribution >= 0.6 is 22.9 Å². The maximum atomic E-state index is 11.9. The smallest absolute Gasteiger partial charge is 0.309 e. The summed E-state index contributed by atoms with van der Waals surface area (Å²) in [6.07, 6.45) is 4.63. The van der Waals surface area contributed by atoms with Gasteiger partial charge in [-0.05, 0) is 24.1 Å². The van der Waals surface area contributed by atoms with Gasteiger partial charge in [0.15, 0.2) is 0 Å². The Hall–Kier alpha value is -1.33. The van der Waals surface area contributed by atoms with E-state index in [1.54, 1.807) is 4.68 Å². The van der Waals surface area contributed by atoms with E-state index in [1.165, 1.54) is 11.3 Å². The third-order valence-electron chi connectivity index (χ3n) is 3.23. The highest BCUT2D eigenvalue weighted by Gasteiger charge is 2.45. The summed E-state index contributed by atoms with van der Waals surface area (Å²) in [4.78, 5) is 12.9. The normalized spacial score (nSPS) is 21.4. The fourth-order valence-electron chi connectivity index (χ4n) is 2.13. The van der Waals surface area contributed by atoms with Gasteiger partial charge in [0.2, 0.25) is 0 Å². The molecule has 0 amide bonds. The molecule has 1 aliphatic carbocycles. The molecule has 0 aliphatic heterocycles. The molecule has 1 saturated carbocycles. The van der Waals surface area contributed by atoms with Crippen molar-refractivity contribution in [1.82, 2.24) is 9.78 Å². The van der Waals surface area contributed by atoms with Crippen molar-refractivity contribution in [2.45, 2.75) is 18.9 Å². The van der Waals surface area contributed by atoms with E-state index in [2.05, 4.69) is 5.10 Å². The Balaban J connectivity index is 1.52. The molecule has 0 unspecified atom stereocenters. The molecule has 19 heavy (non-hydrogen) atoms. The molecule has 3 rings (SSSR count). The van der Waals surface area contributed by atoms with Crippen LogP contribution in [0.2, 0.25) is 4.34 Å². The van der Waals surface area contributed by atoms with Gasteiger partial charge in [-0.2, -0.15) is 5.10 Å². The van der Waals surface area contributed by atoms with Crippen molar-refractivity contribution in [3.63, 3.8) is 0 Å². The first-order valence-electron chi connectivity index (χ1n) is 6.03. The van der Waals surface area contributed by atoms with Gasteiger partial charge in [-0.1, -0.05) is 11.6 Å². The van der Waals surface area contributed by atoms with Gasteiger partial charge >= 0.3 is 5.97 Å². The number of aromatic nitrogens is 2. The van der Waals surface area contributed by atoms with Crippen molar-refractivity contribution >= 4 is 28.9 Å². The summed E-state index contributed by atoms with van der Waals surface area (Å²) in [5.74, 6) is 0.131. The van der Waals surface area contributed by atoms with Crippen molar-refractivity contribution in [3.05, 3.63) is 39.3 Å². The zero-order valence-corrected chi connectivity index (χ0v) is 11.9. The van der Waals surface area contributed by atoms with Gasteiger partial charge in [-0.25, -0.2) is 0 Å². The molecule has 0 N–H and O–H groups in total. The maximum Gasteiger partial charge on any atom is 0.309 e. The topological polar surface area (TPSA) is 44.1 Å². The van der Waals surface area contributed by atoms with Crippen molar-refractivity contribution in [2.75, 3.05) is 0 Å². The molecule has 1 aliphatic rings. The zero-order chi connectivity index (χ0) is 13.4. The van der Waals surface area contributed by atoms with E-state index >= 15 is 0 Å². The Bertz CT molecular complexity index is 607.